The Kier molecular flexibility index (Phi) is 5.48. The number of aryl methyl sites for hydroxylation is 1. The molecule has 2 aromatic carbocycles. The Morgan fingerprint density at radius 1 is 1.19 bits per heavy atom. The summed E-state index contributed by atoms with van der Waals surface area (Å²) in [4.78, 5) is 46.2. The van der Waals surface area contributed by atoms with Gasteiger partial charge in [-0.2, -0.15) is 0 Å². The maximum absolute atomic E-state index is 13.4. The van der Waals surface area contributed by atoms with E-state index in [4.69, 9.17) is 4.74 Å². The Morgan fingerprint density at radius 3 is 2.59 bits per heavy atom. The van der Waals surface area contributed by atoms with E-state index in [1.807, 2.05) is 12.1 Å². The molecule has 1 aromatic heterocycles. The first-order valence-corrected chi connectivity index (χ1v) is 11.6. The summed E-state index contributed by atoms with van der Waals surface area (Å²) in [6.45, 7) is 2.79. The molecule has 3 aromatic rings. The number of amides is 3. The molecule has 1 unspecified atom stereocenters. The summed E-state index contributed by atoms with van der Waals surface area (Å²) >= 11 is 1.44. The van der Waals surface area contributed by atoms with Gasteiger partial charge in [0.2, 0.25) is 5.91 Å². The zero-order valence-electron chi connectivity index (χ0n) is 17.7. The summed E-state index contributed by atoms with van der Waals surface area (Å²) < 4.78 is 6.77. The highest BCUT2D eigenvalue weighted by atomic mass is 32.1. The van der Waals surface area contributed by atoms with Crippen LogP contribution in [-0.4, -0.2) is 53.4 Å². The smallest absolute Gasteiger partial charge is 0.262 e. The second-order valence-electron chi connectivity index (χ2n) is 8.03. The third kappa shape index (κ3) is 3.69. The lowest BCUT2D eigenvalue weighted by molar-refractivity contribution is -0.119. The van der Waals surface area contributed by atoms with Crippen LogP contribution in [0.3, 0.4) is 0 Å². The van der Waals surface area contributed by atoms with Crippen molar-refractivity contribution in [2.24, 2.45) is 0 Å². The predicted molar refractivity (Wildman–Crippen MR) is 122 cm³/mol. The molecule has 2 aliphatic rings. The molecule has 3 heterocycles. The molecular weight excluding hydrogens is 426 g/mol. The molecule has 164 valence electrons. The van der Waals surface area contributed by atoms with Crippen LogP contribution < -0.4 is 4.90 Å². The average molecular weight is 450 g/mol. The normalized spacial score (nSPS) is 17.9. The van der Waals surface area contributed by atoms with Crippen LogP contribution in [0.5, 0.6) is 0 Å². The minimum Gasteiger partial charge on any atom is -0.376 e. The molecule has 7 nitrogen and oxygen atoms in total. The zero-order chi connectivity index (χ0) is 22.2. The van der Waals surface area contributed by atoms with Crippen molar-refractivity contribution >= 4 is 44.4 Å². The van der Waals surface area contributed by atoms with Crippen LogP contribution >= 0.6 is 11.3 Å². The van der Waals surface area contributed by atoms with Gasteiger partial charge in [0.25, 0.3) is 11.8 Å². The number of hydrogen-bond donors (Lipinski definition) is 0. The maximum Gasteiger partial charge on any atom is 0.262 e. The van der Waals surface area contributed by atoms with E-state index in [2.05, 4.69) is 18.0 Å². The summed E-state index contributed by atoms with van der Waals surface area (Å²) in [6, 6.07) is 12.8. The van der Waals surface area contributed by atoms with Crippen LogP contribution in [0.1, 0.15) is 46.0 Å². The Hall–Kier alpha value is -3.10. The number of nitrogens with zero attached hydrogens (tertiary/aromatic N) is 3. The number of thiazole rings is 1. The first kappa shape index (κ1) is 20.8. The molecule has 2 aliphatic heterocycles. The van der Waals surface area contributed by atoms with Gasteiger partial charge in [0.1, 0.15) is 6.54 Å². The van der Waals surface area contributed by atoms with Crippen molar-refractivity contribution in [2.45, 2.75) is 32.3 Å². The lowest BCUT2D eigenvalue weighted by Crippen LogP contribution is -2.45. The summed E-state index contributed by atoms with van der Waals surface area (Å²) in [7, 11) is 0. The fourth-order valence-electron chi connectivity index (χ4n) is 4.17. The number of anilines is 1. The molecule has 1 saturated heterocycles. The van der Waals surface area contributed by atoms with Gasteiger partial charge >= 0.3 is 0 Å². The Morgan fingerprint density at radius 2 is 1.94 bits per heavy atom. The van der Waals surface area contributed by atoms with E-state index in [0.29, 0.717) is 29.4 Å². The number of imide groups is 1. The number of carbonyl (C=O) groups is 3. The second-order valence-corrected chi connectivity index (χ2v) is 9.04. The summed E-state index contributed by atoms with van der Waals surface area (Å²) in [5, 5.41) is 0.561. The number of ether oxygens (including phenoxy) is 1. The van der Waals surface area contributed by atoms with Crippen LogP contribution in [0.4, 0.5) is 5.13 Å². The van der Waals surface area contributed by atoms with E-state index >= 15 is 0 Å². The van der Waals surface area contributed by atoms with Crippen molar-refractivity contribution in [2.75, 3.05) is 24.6 Å². The molecule has 1 fully saturated rings. The van der Waals surface area contributed by atoms with Crippen molar-refractivity contribution in [3.63, 3.8) is 0 Å². The average Bonchev–Trinajstić information content (AvgIpc) is 3.53. The molecule has 0 aliphatic carbocycles. The topological polar surface area (TPSA) is 79.8 Å². The van der Waals surface area contributed by atoms with E-state index in [-0.39, 0.29) is 18.6 Å². The monoisotopic (exact) mass is 449 g/mol. The van der Waals surface area contributed by atoms with E-state index in [0.717, 1.165) is 34.4 Å². The Balaban J connectivity index is 1.44. The van der Waals surface area contributed by atoms with Gasteiger partial charge in [0, 0.05) is 6.61 Å². The van der Waals surface area contributed by atoms with E-state index < -0.39 is 11.8 Å². The molecule has 8 heteroatoms. The Bertz CT molecular complexity index is 1180. The minimum atomic E-state index is -0.437. The van der Waals surface area contributed by atoms with Gasteiger partial charge in [-0.15, -0.1) is 0 Å². The SMILES string of the molecule is CCc1ccc2nc(N(CC3CCCO3)C(=O)CN3C(=O)c4ccccc4C3=O)sc2c1. The molecule has 0 spiro atoms. The van der Waals surface area contributed by atoms with Crippen LogP contribution in [0.25, 0.3) is 10.2 Å². The largest absolute Gasteiger partial charge is 0.376 e. The van der Waals surface area contributed by atoms with Crippen LogP contribution in [-0.2, 0) is 16.0 Å². The molecule has 0 saturated carbocycles. The molecule has 0 radical (unpaired) electrons. The minimum absolute atomic E-state index is 0.0839. The molecular formula is C24H23N3O4S. The van der Waals surface area contributed by atoms with Gasteiger partial charge in [-0.1, -0.05) is 36.5 Å². The van der Waals surface area contributed by atoms with Crippen molar-refractivity contribution in [1.82, 2.24) is 9.88 Å². The fourth-order valence-corrected chi connectivity index (χ4v) is 5.23. The quantitative estimate of drug-likeness (QED) is 0.537. The van der Waals surface area contributed by atoms with Crippen LogP contribution in [0, 0.1) is 0 Å². The number of benzene rings is 2. The highest BCUT2D eigenvalue weighted by Crippen LogP contribution is 2.31. The van der Waals surface area contributed by atoms with Gasteiger partial charge in [-0.25, -0.2) is 4.98 Å². The first-order chi connectivity index (χ1) is 15.5. The van der Waals surface area contributed by atoms with Gasteiger partial charge < -0.3 is 4.74 Å². The highest BCUT2D eigenvalue weighted by Gasteiger charge is 2.38. The van der Waals surface area contributed by atoms with Gasteiger partial charge in [-0.3, -0.25) is 24.2 Å². The van der Waals surface area contributed by atoms with Crippen molar-refractivity contribution < 1.29 is 19.1 Å². The lowest BCUT2D eigenvalue weighted by atomic mass is 10.1. The fraction of sp³-hybridized carbons (Fsp3) is 0.333. The molecule has 3 amide bonds. The van der Waals surface area contributed by atoms with Gasteiger partial charge in [0.05, 0.1) is 34.0 Å². The van der Waals surface area contributed by atoms with E-state index in [1.54, 1.807) is 29.2 Å². The van der Waals surface area contributed by atoms with E-state index in [9.17, 15) is 14.4 Å². The molecule has 1 atom stereocenters. The van der Waals surface area contributed by atoms with E-state index in [1.165, 1.54) is 16.9 Å². The third-order valence-electron chi connectivity index (χ3n) is 5.96. The number of rotatable bonds is 6. The van der Waals surface area contributed by atoms with Gasteiger partial charge in [0.15, 0.2) is 5.13 Å². The summed E-state index contributed by atoms with van der Waals surface area (Å²) in [6.07, 6.45) is 2.65. The Labute approximate surface area is 189 Å². The summed E-state index contributed by atoms with van der Waals surface area (Å²) in [5.41, 5.74) is 2.70. The van der Waals surface area contributed by atoms with Crippen molar-refractivity contribution in [3.8, 4) is 0 Å². The number of aromatic nitrogens is 1. The van der Waals surface area contributed by atoms with Gasteiger partial charge in [-0.05, 0) is 49.1 Å². The molecule has 5 rings (SSSR count). The number of fused-ring (bicyclic) bond motifs is 2. The molecule has 32 heavy (non-hydrogen) atoms. The van der Waals surface area contributed by atoms with Crippen molar-refractivity contribution in [3.05, 3.63) is 59.2 Å². The lowest BCUT2D eigenvalue weighted by Gasteiger charge is -2.25. The van der Waals surface area contributed by atoms with Crippen LogP contribution in [0.15, 0.2) is 42.5 Å². The first-order valence-electron chi connectivity index (χ1n) is 10.8. The predicted octanol–water partition coefficient (Wildman–Crippen LogP) is 3.67. The third-order valence-corrected chi connectivity index (χ3v) is 7.00. The standard InChI is InChI=1S/C24H23N3O4S/c1-2-15-9-10-19-20(12-15)32-24(25-19)26(13-16-6-5-11-31-16)21(28)14-27-22(29)17-7-3-4-8-18(17)23(27)30/h3-4,7-10,12,16H,2,5-6,11,13-14H2,1H3. The van der Waals surface area contributed by atoms with Crippen molar-refractivity contribution in [1.29, 1.82) is 0 Å². The molecule has 0 bridgehead atoms. The maximum atomic E-state index is 13.4. The second kappa shape index (κ2) is 8.44. The highest BCUT2D eigenvalue weighted by molar-refractivity contribution is 7.22. The zero-order valence-corrected chi connectivity index (χ0v) is 18.6. The number of carbonyl (C=O) groups excluding carboxylic acids is 3. The summed E-state index contributed by atoms with van der Waals surface area (Å²) in [5.74, 6) is -1.22. The number of hydrogen-bond acceptors (Lipinski definition) is 6. The molecule has 0 N–H and O–H groups in total. The van der Waals surface area contributed by atoms with Crippen LogP contribution in [0.2, 0.25) is 0 Å².